The van der Waals surface area contributed by atoms with Gasteiger partial charge in [-0.2, -0.15) is 0 Å². The highest BCUT2D eigenvalue weighted by Crippen LogP contribution is 2.30. The minimum absolute atomic E-state index is 0.171. The highest BCUT2D eigenvalue weighted by molar-refractivity contribution is 5.76. The number of H-pyrrole nitrogens is 2. The lowest BCUT2D eigenvalue weighted by Gasteiger charge is -2.13. The van der Waals surface area contributed by atoms with Crippen LogP contribution in [0.3, 0.4) is 0 Å². The van der Waals surface area contributed by atoms with E-state index in [-0.39, 0.29) is 18.9 Å². The average molecular weight is 483 g/mol. The summed E-state index contributed by atoms with van der Waals surface area (Å²) < 4.78 is 21.9. The van der Waals surface area contributed by atoms with Crippen LogP contribution in [0, 0.1) is 10.1 Å². The van der Waals surface area contributed by atoms with Gasteiger partial charge in [-0.3, -0.25) is 24.7 Å². The van der Waals surface area contributed by atoms with Gasteiger partial charge >= 0.3 is 16.9 Å². The van der Waals surface area contributed by atoms with E-state index in [1.54, 1.807) is 36.4 Å². The fraction of sp³-hybridized carbons (Fsp3) is 0.174. The molecule has 12 nitrogen and oxygen atoms in total. The molecule has 2 N–H and O–H groups in total. The Bertz CT molecular complexity index is 1380. The maximum atomic E-state index is 11.7. The summed E-state index contributed by atoms with van der Waals surface area (Å²) >= 11 is 0. The van der Waals surface area contributed by atoms with Gasteiger partial charge in [-0.15, -0.1) is 0 Å². The van der Waals surface area contributed by atoms with E-state index in [4.69, 9.17) is 18.9 Å². The van der Waals surface area contributed by atoms with E-state index in [1.165, 1.54) is 26.4 Å². The highest BCUT2D eigenvalue weighted by Gasteiger charge is 2.18. The van der Waals surface area contributed by atoms with Gasteiger partial charge in [0.1, 0.15) is 25.2 Å². The first-order valence-electron chi connectivity index (χ1n) is 10.1. The normalized spacial score (nSPS) is 10.7. The van der Waals surface area contributed by atoms with Crippen molar-refractivity contribution < 1.29 is 28.7 Å². The number of methoxy groups -OCH3 is 2. The number of carbonyl (C=O) groups is 1. The van der Waals surface area contributed by atoms with Gasteiger partial charge < -0.3 is 23.9 Å². The third kappa shape index (κ3) is 6.13. The molecule has 0 spiro atoms. The molecule has 0 radical (unpaired) electrons. The Kier molecular flexibility index (Phi) is 8.01. The van der Waals surface area contributed by atoms with E-state index in [0.717, 1.165) is 0 Å². The van der Waals surface area contributed by atoms with Crippen molar-refractivity contribution in [3.8, 4) is 23.0 Å². The van der Waals surface area contributed by atoms with E-state index < -0.39 is 21.9 Å². The smallest absolute Gasteiger partial charge is 0.357 e. The number of hydrogen-bond acceptors (Lipinski definition) is 9. The lowest BCUT2D eigenvalue weighted by molar-refractivity contribution is -0.386. The maximum absolute atomic E-state index is 11.7. The number of nitrogens with one attached hydrogen (secondary N) is 2. The molecule has 3 rings (SSSR count). The second-order valence-electron chi connectivity index (χ2n) is 6.90. The molecule has 2 aromatic carbocycles. The van der Waals surface area contributed by atoms with Crippen molar-refractivity contribution >= 4 is 24.1 Å². The zero-order valence-corrected chi connectivity index (χ0v) is 18.7. The molecule has 12 heteroatoms. The Balaban J connectivity index is 1.68. The summed E-state index contributed by atoms with van der Waals surface area (Å²) in [5.74, 6) is 1.69. The van der Waals surface area contributed by atoms with E-state index in [9.17, 15) is 24.5 Å². The van der Waals surface area contributed by atoms with Gasteiger partial charge in [0.05, 0.1) is 19.1 Å². The van der Waals surface area contributed by atoms with Crippen LogP contribution in [0.15, 0.2) is 46.0 Å². The van der Waals surface area contributed by atoms with Gasteiger partial charge in [0.2, 0.25) is 0 Å². The molecule has 0 saturated heterocycles. The van der Waals surface area contributed by atoms with Crippen molar-refractivity contribution in [1.82, 2.24) is 9.97 Å². The number of ether oxygens (including phenoxy) is 4. The molecule has 3 aromatic rings. The first-order valence-corrected chi connectivity index (χ1v) is 10.1. The fourth-order valence-corrected chi connectivity index (χ4v) is 3.07. The molecule has 0 saturated carbocycles. The van der Waals surface area contributed by atoms with Crippen LogP contribution < -0.4 is 30.2 Å². The summed E-state index contributed by atoms with van der Waals surface area (Å²) in [4.78, 5) is 48.4. The molecule has 0 bridgehead atoms. The first-order chi connectivity index (χ1) is 16.9. The summed E-state index contributed by atoms with van der Waals surface area (Å²) in [5, 5.41) is 11.2. The quantitative estimate of drug-likeness (QED) is 0.180. The number of aromatic nitrogens is 2. The number of hydrogen-bond donors (Lipinski definition) is 2. The molecule has 35 heavy (non-hydrogen) atoms. The summed E-state index contributed by atoms with van der Waals surface area (Å²) in [5.41, 5.74) is -1.94. The summed E-state index contributed by atoms with van der Waals surface area (Å²) in [6.07, 6.45) is 3.43. The molecule has 1 aromatic heterocycles. The summed E-state index contributed by atoms with van der Waals surface area (Å²) in [6.45, 7) is 0.353. The Morgan fingerprint density at radius 1 is 0.857 bits per heavy atom. The molecule has 182 valence electrons. The van der Waals surface area contributed by atoms with E-state index in [2.05, 4.69) is 4.98 Å². The van der Waals surface area contributed by atoms with Crippen LogP contribution in [0.25, 0.3) is 12.2 Å². The number of aromatic amines is 2. The minimum atomic E-state index is -1.10. The molecule has 0 unspecified atom stereocenters. The van der Waals surface area contributed by atoms with Crippen molar-refractivity contribution in [3.05, 3.63) is 84.2 Å². The molecule has 1 heterocycles. The van der Waals surface area contributed by atoms with Crippen LogP contribution in [0.5, 0.6) is 23.0 Å². The zero-order valence-electron chi connectivity index (χ0n) is 18.7. The molecule has 0 aliphatic heterocycles. The van der Waals surface area contributed by atoms with Gasteiger partial charge in [-0.1, -0.05) is 12.1 Å². The van der Waals surface area contributed by atoms with Crippen molar-refractivity contribution in [2.24, 2.45) is 0 Å². The predicted octanol–water partition coefficient (Wildman–Crippen LogP) is 2.43. The number of aldehydes is 1. The van der Waals surface area contributed by atoms with Gasteiger partial charge in [-0.05, 0) is 42.0 Å². The van der Waals surface area contributed by atoms with Crippen molar-refractivity contribution in [3.63, 3.8) is 0 Å². The lowest BCUT2D eigenvalue weighted by Crippen LogP contribution is -2.25. The van der Waals surface area contributed by atoms with Crippen LogP contribution in [0.1, 0.15) is 21.6 Å². The third-order valence-corrected chi connectivity index (χ3v) is 4.68. The van der Waals surface area contributed by atoms with E-state index in [0.29, 0.717) is 40.4 Å². The minimum Gasteiger partial charge on any atom is -0.493 e. The number of carbonyl (C=O) groups excluding carboxylic acids is 1. The number of nitro groups is 1. The number of benzene rings is 2. The second kappa shape index (κ2) is 11.3. The molecule has 0 aliphatic carbocycles. The summed E-state index contributed by atoms with van der Waals surface area (Å²) in [7, 11) is 2.92. The van der Waals surface area contributed by atoms with Crippen molar-refractivity contribution in [2.45, 2.75) is 0 Å². The van der Waals surface area contributed by atoms with Crippen LogP contribution in [-0.2, 0) is 0 Å². The molecule has 0 aliphatic rings. The van der Waals surface area contributed by atoms with Gasteiger partial charge in [0, 0.05) is 5.56 Å². The number of nitrogens with zero attached hydrogens (tertiary/aromatic N) is 1. The Morgan fingerprint density at radius 2 is 1.43 bits per heavy atom. The van der Waals surface area contributed by atoms with Crippen LogP contribution in [0.2, 0.25) is 0 Å². The fourth-order valence-electron chi connectivity index (χ4n) is 3.07. The number of rotatable bonds is 11. The second-order valence-corrected chi connectivity index (χ2v) is 6.90. The Labute approximate surface area is 197 Å². The SMILES string of the molecule is COc1cc(C=O)ccc1OCCOc1ccc(/C=C/c2[nH]c(=O)[nH]c(=O)c2[N+](=O)[O-])cc1OC. The van der Waals surface area contributed by atoms with Gasteiger partial charge in [0.25, 0.3) is 0 Å². The van der Waals surface area contributed by atoms with Crippen LogP contribution >= 0.6 is 0 Å². The summed E-state index contributed by atoms with van der Waals surface area (Å²) in [6, 6.07) is 9.71. The maximum Gasteiger partial charge on any atom is 0.357 e. The molecular formula is C23H21N3O9. The van der Waals surface area contributed by atoms with Crippen molar-refractivity contribution in [1.29, 1.82) is 0 Å². The average Bonchev–Trinajstić information content (AvgIpc) is 2.84. The molecule has 0 atom stereocenters. The molecular weight excluding hydrogens is 462 g/mol. The zero-order chi connectivity index (χ0) is 25.4. The van der Waals surface area contributed by atoms with Crippen molar-refractivity contribution in [2.75, 3.05) is 27.4 Å². The molecule has 0 fully saturated rings. The lowest BCUT2D eigenvalue weighted by atomic mass is 10.1. The van der Waals surface area contributed by atoms with Crippen LogP contribution in [-0.4, -0.2) is 48.6 Å². The Hall–Kier alpha value is -4.87. The Morgan fingerprint density at radius 3 is 1.97 bits per heavy atom. The van der Waals surface area contributed by atoms with Crippen LogP contribution in [0.4, 0.5) is 5.69 Å². The first kappa shape index (κ1) is 24.8. The topological polar surface area (TPSA) is 163 Å². The largest absolute Gasteiger partial charge is 0.493 e. The predicted molar refractivity (Wildman–Crippen MR) is 126 cm³/mol. The third-order valence-electron chi connectivity index (χ3n) is 4.68. The molecule has 0 amide bonds. The highest BCUT2D eigenvalue weighted by atomic mass is 16.6. The standard InChI is InChI=1S/C23H21N3O9/c1-32-19-11-14(3-6-16-21(26(30)31)22(28)25-23(29)24-16)4-7-17(19)34-9-10-35-18-8-5-15(13-27)12-20(18)33-2/h3-8,11-13H,9-10H2,1-2H3,(H2,24,25,28,29)/b6-3+. The van der Waals surface area contributed by atoms with E-state index >= 15 is 0 Å². The van der Waals surface area contributed by atoms with E-state index in [1.807, 2.05) is 4.98 Å². The monoisotopic (exact) mass is 483 g/mol. The van der Waals surface area contributed by atoms with Gasteiger partial charge in [0.15, 0.2) is 23.0 Å². The van der Waals surface area contributed by atoms with Gasteiger partial charge in [-0.25, -0.2) is 4.79 Å².